The Hall–Kier alpha value is -2.88. The maximum Gasteiger partial charge on any atom is 0.273 e. The zero-order valence-electron chi connectivity index (χ0n) is 19.3. The Morgan fingerprint density at radius 2 is 1.85 bits per heavy atom. The number of amides is 2. The topological polar surface area (TPSA) is 78.7 Å². The van der Waals surface area contributed by atoms with Gasteiger partial charge in [0, 0.05) is 51.4 Å². The Kier molecular flexibility index (Phi) is 7.25. The molecule has 1 saturated heterocycles. The molecule has 4 rings (SSSR count). The fourth-order valence-electron chi connectivity index (χ4n) is 4.90. The van der Waals surface area contributed by atoms with Crippen LogP contribution in [-0.4, -0.2) is 72.2 Å². The second-order valence-electron chi connectivity index (χ2n) is 9.31. The molecule has 2 heterocycles. The van der Waals surface area contributed by atoms with Gasteiger partial charge in [0.2, 0.25) is 5.91 Å². The lowest BCUT2D eigenvalue weighted by atomic mass is 9.86. The number of hydrogen-bond donors (Lipinski definition) is 1. The Labute approximate surface area is 196 Å². The van der Waals surface area contributed by atoms with Crippen LogP contribution in [0.4, 0.5) is 13.2 Å². The Balaban J connectivity index is 1.46. The second-order valence-corrected chi connectivity index (χ2v) is 9.31. The van der Waals surface area contributed by atoms with Gasteiger partial charge in [0.05, 0.1) is 11.5 Å². The number of nitrogens with zero attached hydrogens (tertiary/aromatic N) is 3. The van der Waals surface area contributed by atoms with E-state index in [1.54, 1.807) is 14.1 Å². The maximum atomic E-state index is 14.1. The number of carbonyl (C=O) groups excluding carboxylic acids is 2. The molecule has 2 unspecified atom stereocenters. The highest BCUT2D eigenvalue weighted by Crippen LogP contribution is 2.30. The molecule has 7 nitrogen and oxygen atoms in total. The number of likely N-dealkylation sites (tertiary alicyclic amines) is 1. The van der Waals surface area contributed by atoms with Gasteiger partial charge in [-0.2, -0.15) is 0 Å². The lowest BCUT2D eigenvalue weighted by molar-refractivity contribution is -0.136. The van der Waals surface area contributed by atoms with Gasteiger partial charge in [-0.3, -0.25) is 14.5 Å². The van der Waals surface area contributed by atoms with Crippen LogP contribution in [0.1, 0.15) is 42.6 Å². The molecule has 34 heavy (non-hydrogen) atoms. The van der Waals surface area contributed by atoms with Gasteiger partial charge in [-0.25, -0.2) is 13.2 Å². The van der Waals surface area contributed by atoms with Crippen LogP contribution in [0.5, 0.6) is 0 Å². The monoisotopic (exact) mass is 478 g/mol. The number of carbonyl (C=O) groups is 2. The van der Waals surface area contributed by atoms with Crippen LogP contribution in [0, 0.1) is 17.6 Å². The fourth-order valence-corrected chi connectivity index (χ4v) is 4.90. The van der Waals surface area contributed by atoms with Crippen LogP contribution < -0.4 is 5.32 Å². The van der Waals surface area contributed by atoms with Crippen molar-refractivity contribution in [1.82, 2.24) is 20.3 Å². The molecule has 1 aliphatic carbocycles. The zero-order valence-corrected chi connectivity index (χ0v) is 19.3. The summed E-state index contributed by atoms with van der Waals surface area (Å²) in [5.74, 6) is -2.64. The number of aromatic nitrogens is 1. The van der Waals surface area contributed by atoms with Crippen molar-refractivity contribution in [2.45, 2.75) is 50.4 Å². The first-order chi connectivity index (χ1) is 16.2. The van der Waals surface area contributed by atoms with Gasteiger partial charge in [0.25, 0.3) is 5.91 Å². The predicted octanol–water partition coefficient (Wildman–Crippen LogP) is 3.41. The van der Waals surface area contributed by atoms with Gasteiger partial charge >= 0.3 is 0 Å². The minimum Gasteiger partial charge on any atom is -0.355 e. The quantitative estimate of drug-likeness (QED) is 0.713. The molecular formula is C24H29F3N4O3. The second kappa shape index (κ2) is 10.2. The Bertz CT molecular complexity index is 1040. The van der Waals surface area contributed by atoms with Crippen molar-refractivity contribution in [1.29, 1.82) is 0 Å². The van der Waals surface area contributed by atoms with E-state index in [1.807, 2.05) is 0 Å². The average molecular weight is 479 g/mol. The molecule has 1 aliphatic heterocycles. The molecule has 2 aliphatic rings. The van der Waals surface area contributed by atoms with Crippen molar-refractivity contribution >= 4 is 11.8 Å². The summed E-state index contributed by atoms with van der Waals surface area (Å²) in [7, 11) is 3.35. The van der Waals surface area contributed by atoms with Gasteiger partial charge < -0.3 is 14.7 Å². The van der Waals surface area contributed by atoms with Crippen molar-refractivity contribution in [3.63, 3.8) is 0 Å². The molecule has 1 aromatic heterocycles. The lowest BCUT2D eigenvalue weighted by Crippen LogP contribution is -2.57. The summed E-state index contributed by atoms with van der Waals surface area (Å²) >= 11 is 0. The SMILES string of the molecule is CN(C)C(=O)C1CN(C2CCC(F)CC2)CCC1NC(=O)c1cc(-c2ccc(F)cc2F)on1. The molecule has 2 atom stereocenters. The standard InChI is InChI=1S/C24H29F3N4O3/c1-30(2)24(33)18-13-31(16-6-3-14(25)4-7-16)10-9-20(18)28-23(32)21-12-22(34-29-21)17-8-5-15(26)11-19(17)27/h5,8,11-12,14,16,18,20H,3-4,6-7,9-10,13H2,1-2H3,(H,28,32). The highest BCUT2D eigenvalue weighted by atomic mass is 19.1. The first kappa shape index (κ1) is 24.3. The van der Waals surface area contributed by atoms with Crippen LogP contribution in [-0.2, 0) is 4.79 Å². The first-order valence-corrected chi connectivity index (χ1v) is 11.5. The molecule has 1 saturated carbocycles. The van der Waals surface area contributed by atoms with Crippen LogP contribution in [0.2, 0.25) is 0 Å². The minimum atomic E-state index is -0.825. The third-order valence-electron chi connectivity index (χ3n) is 6.80. The van der Waals surface area contributed by atoms with Crippen molar-refractivity contribution < 1.29 is 27.3 Å². The molecular weight excluding hydrogens is 449 g/mol. The summed E-state index contributed by atoms with van der Waals surface area (Å²) in [4.78, 5) is 29.6. The van der Waals surface area contributed by atoms with Gasteiger partial charge in [0.1, 0.15) is 17.8 Å². The largest absolute Gasteiger partial charge is 0.355 e. The van der Waals surface area contributed by atoms with E-state index in [9.17, 15) is 22.8 Å². The van der Waals surface area contributed by atoms with E-state index in [2.05, 4.69) is 15.4 Å². The van der Waals surface area contributed by atoms with Crippen LogP contribution in [0.15, 0.2) is 28.8 Å². The predicted molar refractivity (Wildman–Crippen MR) is 119 cm³/mol. The molecule has 0 spiro atoms. The van der Waals surface area contributed by atoms with E-state index >= 15 is 0 Å². The normalized spacial score (nSPS) is 25.7. The van der Waals surface area contributed by atoms with Crippen LogP contribution in [0.3, 0.4) is 0 Å². The number of piperidine rings is 1. The summed E-state index contributed by atoms with van der Waals surface area (Å²) in [6.45, 7) is 1.17. The molecule has 1 aromatic carbocycles. The summed E-state index contributed by atoms with van der Waals surface area (Å²) in [5.41, 5.74) is -0.0663. The zero-order chi connectivity index (χ0) is 24.4. The van der Waals surface area contributed by atoms with E-state index in [-0.39, 0.29) is 29.0 Å². The molecule has 0 bridgehead atoms. The third kappa shape index (κ3) is 5.27. The van der Waals surface area contributed by atoms with E-state index in [0.717, 1.165) is 25.0 Å². The highest BCUT2D eigenvalue weighted by Gasteiger charge is 2.39. The summed E-state index contributed by atoms with van der Waals surface area (Å²) in [5, 5.41) is 6.62. The van der Waals surface area contributed by atoms with Crippen molar-refractivity contribution in [2.75, 3.05) is 27.2 Å². The summed E-state index contributed by atoms with van der Waals surface area (Å²) in [6, 6.07) is 4.14. The van der Waals surface area contributed by atoms with E-state index in [4.69, 9.17) is 4.52 Å². The summed E-state index contributed by atoms with van der Waals surface area (Å²) < 4.78 is 45.9. The number of alkyl halides is 1. The van der Waals surface area contributed by atoms with Gasteiger partial charge in [-0.05, 0) is 44.2 Å². The van der Waals surface area contributed by atoms with Gasteiger partial charge in [0.15, 0.2) is 11.5 Å². The lowest BCUT2D eigenvalue weighted by Gasteiger charge is -2.43. The van der Waals surface area contributed by atoms with Gasteiger partial charge in [-0.1, -0.05) is 5.16 Å². The highest BCUT2D eigenvalue weighted by molar-refractivity contribution is 5.94. The number of hydrogen-bond acceptors (Lipinski definition) is 5. The number of rotatable bonds is 5. The van der Waals surface area contributed by atoms with Gasteiger partial charge in [-0.15, -0.1) is 0 Å². The van der Waals surface area contributed by atoms with Crippen LogP contribution in [0.25, 0.3) is 11.3 Å². The molecule has 2 amide bonds. The Morgan fingerprint density at radius 3 is 2.53 bits per heavy atom. The summed E-state index contributed by atoms with van der Waals surface area (Å²) in [6.07, 6.45) is 2.42. The molecule has 0 radical (unpaired) electrons. The number of halogens is 3. The molecule has 10 heteroatoms. The van der Waals surface area contributed by atoms with Crippen molar-refractivity contribution in [3.8, 4) is 11.3 Å². The van der Waals surface area contributed by atoms with Crippen molar-refractivity contribution in [2.24, 2.45) is 5.92 Å². The molecule has 2 fully saturated rings. The van der Waals surface area contributed by atoms with Crippen LogP contribution >= 0.6 is 0 Å². The smallest absolute Gasteiger partial charge is 0.273 e. The average Bonchev–Trinajstić information content (AvgIpc) is 3.29. The Morgan fingerprint density at radius 1 is 1.12 bits per heavy atom. The van der Waals surface area contributed by atoms with E-state index < -0.39 is 35.7 Å². The number of nitrogens with one attached hydrogen (secondary N) is 1. The molecule has 184 valence electrons. The maximum absolute atomic E-state index is 14.1. The van der Waals surface area contributed by atoms with E-state index in [0.29, 0.717) is 32.4 Å². The third-order valence-corrected chi connectivity index (χ3v) is 6.80. The van der Waals surface area contributed by atoms with Crippen molar-refractivity contribution in [3.05, 3.63) is 41.6 Å². The minimum absolute atomic E-state index is 0.00172. The number of benzene rings is 1. The molecule has 2 aromatic rings. The fraction of sp³-hybridized carbons (Fsp3) is 0.542. The first-order valence-electron chi connectivity index (χ1n) is 11.5. The molecule has 1 N–H and O–H groups in total. The van der Waals surface area contributed by atoms with E-state index in [1.165, 1.54) is 17.0 Å².